The van der Waals surface area contributed by atoms with Gasteiger partial charge in [0.05, 0.1) is 21.8 Å². The lowest BCUT2D eigenvalue weighted by Gasteiger charge is -2.28. The third kappa shape index (κ3) is 3.98. The first-order chi connectivity index (χ1) is 14.3. The van der Waals surface area contributed by atoms with Gasteiger partial charge in [0.25, 0.3) is 0 Å². The Bertz CT molecular complexity index is 1100. The van der Waals surface area contributed by atoms with Crippen molar-refractivity contribution in [1.82, 2.24) is 4.98 Å². The molecular weight excluding hydrogens is 405 g/mol. The molecular formula is C23H23ClFN3O2. The van der Waals surface area contributed by atoms with Gasteiger partial charge in [-0.25, -0.2) is 4.39 Å². The molecule has 30 heavy (non-hydrogen) atoms. The van der Waals surface area contributed by atoms with Crippen LogP contribution in [0.4, 0.5) is 10.1 Å². The van der Waals surface area contributed by atoms with Crippen LogP contribution in [0.15, 0.2) is 36.5 Å². The minimum Gasteiger partial charge on any atom is -0.504 e. The van der Waals surface area contributed by atoms with Crippen molar-refractivity contribution >= 4 is 34.0 Å². The van der Waals surface area contributed by atoms with E-state index in [4.69, 9.17) is 17.3 Å². The Labute approximate surface area is 179 Å². The molecule has 1 aliphatic rings. The van der Waals surface area contributed by atoms with Crippen LogP contribution in [0.1, 0.15) is 43.0 Å². The number of nitrogens with two attached hydrogens (primary N) is 1. The number of aromatic nitrogens is 1. The molecule has 2 aromatic carbocycles. The molecule has 1 heterocycles. The van der Waals surface area contributed by atoms with Crippen molar-refractivity contribution in [2.24, 2.45) is 5.73 Å². The highest BCUT2D eigenvalue weighted by atomic mass is 35.5. The zero-order chi connectivity index (χ0) is 21.4. The summed E-state index contributed by atoms with van der Waals surface area (Å²) in [5.41, 5.74) is 9.24. The molecule has 0 amide bonds. The zero-order valence-electron chi connectivity index (χ0n) is 16.6. The van der Waals surface area contributed by atoms with E-state index in [9.17, 15) is 14.3 Å². The van der Waals surface area contributed by atoms with E-state index in [0.29, 0.717) is 16.7 Å². The number of carbonyl (C=O) groups is 1. The summed E-state index contributed by atoms with van der Waals surface area (Å²) in [7, 11) is 0. The average molecular weight is 428 g/mol. The van der Waals surface area contributed by atoms with Crippen LogP contribution in [0, 0.1) is 5.82 Å². The van der Waals surface area contributed by atoms with Gasteiger partial charge in [-0.15, -0.1) is 0 Å². The number of hydrogen-bond acceptors (Lipinski definition) is 5. The molecule has 0 unspecified atom stereocenters. The summed E-state index contributed by atoms with van der Waals surface area (Å²) in [6.07, 6.45) is 5.33. The first-order valence-electron chi connectivity index (χ1n) is 9.97. The van der Waals surface area contributed by atoms with Gasteiger partial charge in [0.15, 0.2) is 17.3 Å². The van der Waals surface area contributed by atoms with Crippen molar-refractivity contribution in [2.45, 2.75) is 44.7 Å². The summed E-state index contributed by atoms with van der Waals surface area (Å²) >= 11 is 5.96. The van der Waals surface area contributed by atoms with Gasteiger partial charge < -0.3 is 16.2 Å². The molecule has 0 aliphatic heterocycles. The Morgan fingerprint density at radius 1 is 1.20 bits per heavy atom. The van der Waals surface area contributed by atoms with Gasteiger partial charge in [-0.2, -0.15) is 0 Å². The third-order valence-corrected chi connectivity index (χ3v) is 6.01. The van der Waals surface area contributed by atoms with Gasteiger partial charge in [0, 0.05) is 23.7 Å². The van der Waals surface area contributed by atoms with Gasteiger partial charge in [0.1, 0.15) is 0 Å². The minimum absolute atomic E-state index is 0.0578. The molecule has 1 saturated carbocycles. The summed E-state index contributed by atoms with van der Waals surface area (Å²) in [6, 6.07) is 8.71. The number of rotatable bonds is 4. The quantitative estimate of drug-likeness (QED) is 0.493. The number of carbonyl (C=O) groups excluding carboxylic acids is 1. The van der Waals surface area contributed by atoms with Crippen molar-refractivity contribution < 1.29 is 14.3 Å². The maximum atomic E-state index is 14.0. The number of pyridine rings is 1. The van der Waals surface area contributed by atoms with Crippen molar-refractivity contribution in [1.29, 1.82) is 0 Å². The van der Waals surface area contributed by atoms with E-state index in [1.54, 1.807) is 6.20 Å². The van der Waals surface area contributed by atoms with Crippen LogP contribution in [-0.4, -0.2) is 28.0 Å². The number of anilines is 1. The van der Waals surface area contributed by atoms with E-state index in [1.165, 1.54) is 19.1 Å². The van der Waals surface area contributed by atoms with Crippen LogP contribution in [0.3, 0.4) is 0 Å². The average Bonchev–Trinajstić information content (AvgIpc) is 2.73. The normalized spacial score (nSPS) is 19.1. The van der Waals surface area contributed by atoms with Crippen LogP contribution >= 0.6 is 11.6 Å². The molecule has 0 bridgehead atoms. The summed E-state index contributed by atoms with van der Waals surface area (Å²) in [5, 5.41) is 13.9. The van der Waals surface area contributed by atoms with E-state index in [1.807, 2.05) is 18.2 Å². The van der Waals surface area contributed by atoms with E-state index in [-0.39, 0.29) is 22.9 Å². The number of hydrogen-bond donors (Lipinski definition) is 3. The van der Waals surface area contributed by atoms with E-state index in [2.05, 4.69) is 10.3 Å². The number of halogens is 2. The fourth-order valence-electron chi connectivity index (χ4n) is 3.99. The summed E-state index contributed by atoms with van der Waals surface area (Å²) in [5.74, 6) is -1.44. The number of nitrogens with zero attached hydrogens (tertiary/aromatic N) is 1. The van der Waals surface area contributed by atoms with E-state index in [0.717, 1.165) is 42.3 Å². The number of benzene rings is 2. The van der Waals surface area contributed by atoms with Gasteiger partial charge in [-0.3, -0.25) is 9.78 Å². The number of phenols is 1. The number of ketones is 1. The van der Waals surface area contributed by atoms with Crippen LogP contribution in [0.5, 0.6) is 5.75 Å². The molecule has 156 valence electrons. The molecule has 0 spiro atoms. The van der Waals surface area contributed by atoms with Crippen molar-refractivity contribution in [2.75, 3.05) is 5.32 Å². The monoisotopic (exact) mass is 427 g/mol. The third-order valence-electron chi connectivity index (χ3n) is 5.72. The molecule has 0 atom stereocenters. The Kier molecular flexibility index (Phi) is 5.62. The Morgan fingerprint density at radius 3 is 2.60 bits per heavy atom. The molecule has 1 aliphatic carbocycles. The minimum atomic E-state index is -0.787. The lowest BCUT2D eigenvalue weighted by molar-refractivity contribution is 0.101. The zero-order valence-corrected chi connectivity index (χ0v) is 17.3. The molecule has 4 N–H and O–H groups in total. The molecule has 4 rings (SSSR count). The topological polar surface area (TPSA) is 88.2 Å². The van der Waals surface area contributed by atoms with Crippen LogP contribution in [-0.2, 0) is 0 Å². The van der Waals surface area contributed by atoms with Crippen LogP contribution < -0.4 is 11.1 Å². The maximum Gasteiger partial charge on any atom is 0.170 e. The van der Waals surface area contributed by atoms with Crippen molar-refractivity contribution in [3.63, 3.8) is 0 Å². The highest BCUT2D eigenvalue weighted by Gasteiger charge is 2.22. The SMILES string of the molecule is CC(=O)c1cnc2ccc(-c3cc(F)c(O)c(Cl)c3)cc2c1NC1CCC(N)CC1. The molecule has 1 aromatic heterocycles. The summed E-state index contributed by atoms with van der Waals surface area (Å²) in [4.78, 5) is 16.7. The number of nitrogens with one attached hydrogen (secondary N) is 1. The van der Waals surface area contributed by atoms with Crippen molar-refractivity contribution in [3.8, 4) is 16.9 Å². The second kappa shape index (κ2) is 8.20. The fourth-order valence-corrected chi connectivity index (χ4v) is 4.20. The Hall–Kier alpha value is -2.70. The lowest BCUT2D eigenvalue weighted by Crippen LogP contribution is -2.33. The molecule has 0 saturated heterocycles. The number of Topliss-reactive ketones (excluding diaryl/α,β-unsaturated/α-hetero) is 1. The number of aromatic hydroxyl groups is 1. The Morgan fingerprint density at radius 2 is 1.93 bits per heavy atom. The molecule has 1 fully saturated rings. The van der Waals surface area contributed by atoms with Gasteiger partial charge in [0.2, 0.25) is 0 Å². The summed E-state index contributed by atoms with van der Waals surface area (Å²) < 4.78 is 14.0. The largest absolute Gasteiger partial charge is 0.504 e. The predicted molar refractivity (Wildman–Crippen MR) is 118 cm³/mol. The molecule has 3 aromatic rings. The molecule has 7 heteroatoms. The summed E-state index contributed by atoms with van der Waals surface area (Å²) in [6.45, 7) is 1.52. The lowest BCUT2D eigenvalue weighted by atomic mass is 9.91. The number of fused-ring (bicyclic) bond motifs is 1. The molecule has 5 nitrogen and oxygen atoms in total. The van der Waals surface area contributed by atoms with Gasteiger partial charge in [-0.05, 0) is 68.0 Å². The van der Waals surface area contributed by atoms with E-state index >= 15 is 0 Å². The highest BCUT2D eigenvalue weighted by Crippen LogP contribution is 2.36. The van der Waals surface area contributed by atoms with Crippen LogP contribution in [0.2, 0.25) is 5.02 Å². The highest BCUT2D eigenvalue weighted by molar-refractivity contribution is 6.32. The first kappa shape index (κ1) is 20.6. The second-order valence-corrected chi connectivity index (χ2v) is 8.29. The van der Waals surface area contributed by atoms with Gasteiger partial charge in [-0.1, -0.05) is 17.7 Å². The van der Waals surface area contributed by atoms with Gasteiger partial charge >= 0.3 is 0 Å². The van der Waals surface area contributed by atoms with Crippen LogP contribution in [0.25, 0.3) is 22.0 Å². The van der Waals surface area contributed by atoms with E-state index < -0.39 is 11.6 Å². The maximum absolute atomic E-state index is 14.0. The standard InChI is InChI=1S/C23H23ClFN3O2/c1-12(29)18-11-27-21-7-2-13(14-9-19(24)23(30)20(25)10-14)8-17(21)22(18)28-16-5-3-15(26)4-6-16/h2,7-11,15-16,30H,3-6,26H2,1H3,(H,27,28). The fraction of sp³-hybridized carbons (Fsp3) is 0.304. The molecule has 0 radical (unpaired) electrons. The predicted octanol–water partition coefficient (Wildman–Crippen LogP) is 5.28. The number of phenolic OH excluding ortho intramolecular Hbond substituents is 1. The Balaban J connectivity index is 1.82. The first-order valence-corrected chi connectivity index (χ1v) is 10.4. The second-order valence-electron chi connectivity index (χ2n) is 7.88. The van der Waals surface area contributed by atoms with Crippen molar-refractivity contribution in [3.05, 3.63) is 52.9 Å². The smallest absolute Gasteiger partial charge is 0.170 e.